The molecule has 1 rings (SSSR count). The number of nitrogens with one attached hydrogen (secondary N) is 1. The van der Waals surface area contributed by atoms with Crippen molar-refractivity contribution in [1.82, 2.24) is 5.32 Å². The van der Waals surface area contributed by atoms with Crippen molar-refractivity contribution < 1.29 is 0 Å². The Kier molecular flexibility index (Phi) is 5.83. The van der Waals surface area contributed by atoms with Gasteiger partial charge in [0.15, 0.2) is 0 Å². The fraction of sp³-hybridized carbons (Fsp3) is 0.636. The largest absolute Gasteiger partial charge is 0.384 e. The fourth-order valence-corrected chi connectivity index (χ4v) is 2.29. The van der Waals surface area contributed by atoms with Gasteiger partial charge in [-0.3, -0.25) is 0 Å². The van der Waals surface area contributed by atoms with Crippen LogP contribution in [0.2, 0.25) is 0 Å². The summed E-state index contributed by atoms with van der Waals surface area (Å²) in [6.45, 7) is 2.25. The van der Waals surface area contributed by atoms with Crippen molar-refractivity contribution in [3.63, 3.8) is 0 Å². The van der Waals surface area contributed by atoms with Crippen molar-refractivity contribution in [1.29, 1.82) is 0 Å². The molecule has 0 aromatic heterocycles. The van der Waals surface area contributed by atoms with Crippen LogP contribution in [0.3, 0.4) is 0 Å². The number of rotatable bonds is 6. The van der Waals surface area contributed by atoms with E-state index >= 15 is 0 Å². The van der Waals surface area contributed by atoms with Gasteiger partial charge in [0.05, 0.1) is 6.04 Å². The first-order chi connectivity index (χ1) is 6.43. The smallest absolute Gasteiger partial charge is 0.0532 e. The van der Waals surface area contributed by atoms with Crippen LogP contribution < -0.4 is 5.32 Å². The fourth-order valence-electron chi connectivity index (χ4n) is 1.26. The molecule has 0 amide bonds. The molecule has 0 radical (unpaired) electrons. The SMILES string of the molecule is CCCCCSCC1C=CC=CN1. The van der Waals surface area contributed by atoms with Gasteiger partial charge in [-0.15, -0.1) is 0 Å². The summed E-state index contributed by atoms with van der Waals surface area (Å²) in [5.74, 6) is 2.51. The van der Waals surface area contributed by atoms with Gasteiger partial charge in [0.2, 0.25) is 0 Å². The van der Waals surface area contributed by atoms with Gasteiger partial charge in [0.1, 0.15) is 0 Å². The molecule has 1 unspecified atom stereocenters. The Hall–Kier alpha value is -0.370. The van der Waals surface area contributed by atoms with Gasteiger partial charge in [-0.25, -0.2) is 0 Å². The predicted molar refractivity (Wildman–Crippen MR) is 62.1 cm³/mol. The molecule has 2 heteroatoms. The van der Waals surface area contributed by atoms with E-state index in [9.17, 15) is 0 Å². The maximum Gasteiger partial charge on any atom is 0.0532 e. The van der Waals surface area contributed by atoms with Crippen LogP contribution in [0.15, 0.2) is 24.4 Å². The lowest BCUT2D eigenvalue weighted by atomic mass is 10.2. The molecule has 74 valence electrons. The number of unbranched alkanes of at least 4 members (excludes halogenated alkanes) is 2. The van der Waals surface area contributed by atoms with E-state index in [0.717, 1.165) is 0 Å². The molecule has 1 atom stereocenters. The van der Waals surface area contributed by atoms with E-state index in [1.165, 1.54) is 30.8 Å². The van der Waals surface area contributed by atoms with E-state index in [-0.39, 0.29) is 0 Å². The van der Waals surface area contributed by atoms with E-state index in [2.05, 4.69) is 36.2 Å². The van der Waals surface area contributed by atoms with Gasteiger partial charge in [-0.1, -0.05) is 31.9 Å². The summed E-state index contributed by atoms with van der Waals surface area (Å²) >= 11 is 2.05. The number of hydrogen-bond donors (Lipinski definition) is 1. The van der Waals surface area contributed by atoms with Crippen molar-refractivity contribution in [3.8, 4) is 0 Å². The standard InChI is InChI=1S/C11H19NS/c1-2-3-6-9-13-10-11-7-4-5-8-12-11/h4-5,7-8,11-12H,2-3,6,9-10H2,1H3. The van der Waals surface area contributed by atoms with Crippen LogP contribution in [-0.2, 0) is 0 Å². The number of dihydropyridines is 1. The van der Waals surface area contributed by atoms with Crippen LogP contribution in [0.5, 0.6) is 0 Å². The number of hydrogen-bond acceptors (Lipinski definition) is 2. The Morgan fingerprint density at radius 1 is 1.31 bits per heavy atom. The van der Waals surface area contributed by atoms with E-state index in [1.807, 2.05) is 12.3 Å². The second-order valence-electron chi connectivity index (χ2n) is 3.30. The first kappa shape index (κ1) is 10.7. The lowest BCUT2D eigenvalue weighted by Gasteiger charge is -2.14. The molecular formula is C11H19NS. The first-order valence-corrected chi connectivity index (χ1v) is 6.26. The third kappa shape index (κ3) is 5.04. The highest BCUT2D eigenvalue weighted by Gasteiger charge is 2.02. The quantitative estimate of drug-likeness (QED) is 0.657. The minimum absolute atomic E-state index is 0.552. The molecule has 0 fully saturated rings. The zero-order valence-corrected chi connectivity index (χ0v) is 9.15. The molecular weight excluding hydrogens is 178 g/mol. The van der Waals surface area contributed by atoms with Crippen molar-refractivity contribution >= 4 is 11.8 Å². The molecule has 0 bridgehead atoms. The monoisotopic (exact) mass is 197 g/mol. The topological polar surface area (TPSA) is 12.0 Å². The summed E-state index contributed by atoms with van der Waals surface area (Å²) in [6, 6.07) is 0.552. The summed E-state index contributed by atoms with van der Waals surface area (Å²) in [5, 5.41) is 3.32. The van der Waals surface area contributed by atoms with Gasteiger partial charge in [-0.2, -0.15) is 11.8 Å². The number of allylic oxidation sites excluding steroid dienone is 2. The average Bonchev–Trinajstić information content (AvgIpc) is 2.19. The molecule has 0 aliphatic carbocycles. The Labute approximate surface area is 85.7 Å². The van der Waals surface area contributed by atoms with Crippen molar-refractivity contribution in [2.75, 3.05) is 11.5 Å². The van der Waals surface area contributed by atoms with Crippen LogP contribution in [0, 0.1) is 0 Å². The maximum absolute atomic E-state index is 3.32. The maximum atomic E-state index is 3.32. The summed E-state index contributed by atoms with van der Waals surface area (Å²) in [5.41, 5.74) is 0. The van der Waals surface area contributed by atoms with Gasteiger partial charge >= 0.3 is 0 Å². The van der Waals surface area contributed by atoms with Crippen molar-refractivity contribution in [2.24, 2.45) is 0 Å². The molecule has 13 heavy (non-hydrogen) atoms. The van der Waals surface area contributed by atoms with Gasteiger partial charge in [-0.05, 0) is 24.4 Å². The molecule has 0 spiro atoms. The van der Waals surface area contributed by atoms with E-state index < -0.39 is 0 Å². The molecule has 0 saturated heterocycles. The molecule has 1 aliphatic rings. The molecule has 0 aromatic rings. The minimum atomic E-state index is 0.552. The van der Waals surface area contributed by atoms with Crippen LogP contribution >= 0.6 is 11.8 Å². The molecule has 1 N–H and O–H groups in total. The Morgan fingerprint density at radius 3 is 2.92 bits per heavy atom. The summed E-state index contributed by atoms with van der Waals surface area (Å²) in [7, 11) is 0. The molecule has 1 nitrogen and oxygen atoms in total. The van der Waals surface area contributed by atoms with Crippen LogP contribution in [-0.4, -0.2) is 17.5 Å². The van der Waals surface area contributed by atoms with Crippen LogP contribution in [0.1, 0.15) is 26.2 Å². The Morgan fingerprint density at radius 2 is 2.23 bits per heavy atom. The van der Waals surface area contributed by atoms with Gasteiger partial charge in [0.25, 0.3) is 0 Å². The van der Waals surface area contributed by atoms with Crippen LogP contribution in [0.4, 0.5) is 0 Å². The highest BCUT2D eigenvalue weighted by molar-refractivity contribution is 7.99. The van der Waals surface area contributed by atoms with E-state index in [4.69, 9.17) is 0 Å². The zero-order chi connectivity index (χ0) is 9.36. The second-order valence-corrected chi connectivity index (χ2v) is 4.45. The first-order valence-electron chi connectivity index (χ1n) is 5.10. The third-order valence-electron chi connectivity index (χ3n) is 2.05. The van der Waals surface area contributed by atoms with E-state index in [0.29, 0.717) is 6.04 Å². The molecule has 1 heterocycles. The summed E-state index contributed by atoms with van der Waals surface area (Å²) in [4.78, 5) is 0. The molecule has 0 saturated carbocycles. The Bertz CT molecular complexity index is 175. The molecule has 1 aliphatic heterocycles. The summed E-state index contributed by atoms with van der Waals surface area (Å²) < 4.78 is 0. The highest BCUT2D eigenvalue weighted by atomic mass is 32.2. The molecule has 0 aromatic carbocycles. The summed E-state index contributed by atoms with van der Waals surface area (Å²) in [6.07, 6.45) is 12.5. The lowest BCUT2D eigenvalue weighted by molar-refractivity contribution is 0.762. The van der Waals surface area contributed by atoms with Crippen molar-refractivity contribution in [2.45, 2.75) is 32.2 Å². The second kappa shape index (κ2) is 7.07. The average molecular weight is 197 g/mol. The zero-order valence-electron chi connectivity index (χ0n) is 8.33. The third-order valence-corrected chi connectivity index (χ3v) is 3.22. The normalized spacial score (nSPS) is 20.2. The van der Waals surface area contributed by atoms with Crippen LogP contribution in [0.25, 0.3) is 0 Å². The lowest BCUT2D eigenvalue weighted by Crippen LogP contribution is -2.26. The predicted octanol–water partition coefficient (Wildman–Crippen LogP) is 2.95. The Balaban J connectivity index is 1.93. The minimum Gasteiger partial charge on any atom is -0.384 e. The van der Waals surface area contributed by atoms with Gasteiger partial charge < -0.3 is 5.32 Å². The van der Waals surface area contributed by atoms with Gasteiger partial charge in [0, 0.05) is 5.75 Å². The van der Waals surface area contributed by atoms with E-state index in [1.54, 1.807) is 0 Å². The number of thioether (sulfide) groups is 1. The highest BCUT2D eigenvalue weighted by Crippen LogP contribution is 2.09. The van der Waals surface area contributed by atoms with Crippen molar-refractivity contribution in [3.05, 3.63) is 24.4 Å².